The summed E-state index contributed by atoms with van der Waals surface area (Å²) in [6.07, 6.45) is 3.45. The van der Waals surface area contributed by atoms with Crippen LogP contribution in [0.25, 0.3) is 0 Å². The van der Waals surface area contributed by atoms with Gasteiger partial charge in [-0.15, -0.1) is 0 Å². The second kappa shape index (κ2) is 11.5. The van der Waals surface area contributed by atoms with Gasteiger partial charge in [0.15, 0.2) is 5.96 Å². The molecule has 1 aliphatic rings. The second-order valence-corrected chi connectivity index (χ2v) is 7.11. The predicted octanol–water partition coefficient (Wildman–Crippen LogP) is 2.18. The average Bonchev–Trinajstić information content (AvgIpc) is 2.69. The Hall–Kier alpha value is -2.31. The van der Waals surface area contributed by atoms with Crippen molar-refractivity contribution in [3.05, 3.63) is 34.2 Å². The lowest BCUT2D eigenvalue weighted by atomic mass is 9.97. The minimum atomic E-state index is -0.0736. The molecule has 0 bridgehead atoms. The summed E-state index contributed by atoms with van der Waals surface area (Å²) < 4.78 is 6.96. The minimum Gasteiger partial charge on any atom is -0.466 e. The Morgan fingerprint density at radius 3 is 2.64 bits per heavy atom. The molecule has 0 aliphatic carbocycles. The molecule has 1 saturated heterocycles. The lowest BCUT2D eigenvalue weighted by molar-refractivity contribution is -0.149. The molecule has 7 nitrogen and oxygen atoms in total. The molecule has 0 amide bonds. The molecular formula is C21H34N4O3. The Balaban J connectivity index is 1.81. The zero-order valence-electron chi connectivity index (χ0n) is 17.4. The first-order valence-corrected chi connectivity index (χ1v) is 10.4. The van der Waals surface area contributed by atoms with E-state index in [0.29, 0.717) is 6.61 Å². The number of likely N-dealkylation sites (tertiary alicyclic amines) is 1. The number of nitrogens with one attached hydrogen (secondary N) is 1. The molecular weight excluding hydrogens is 356 g/mol. The van der Waals surface area contributed by atoms with E-state index < -0.39 is 0 Å². The van der Waals surface area contributed by atoms with E-state index in [4.69, 9.17) is 9.73 Å². The number of unbranched alkanes of at least 4 members (excludes halogenated alkanes) is 1. The summed E-state index contributed by atoms with van der Waals surface area (Å²) >= 11 is 0. The largest absolute Gasteiger partial charge is 0.466 e. The van der Waals surface area contributed by atoms with Gasteiger partial charge in [-0.05, 0) is 52.5 Å². The van der Waals surface area contributed by atoms with Crippen LogP contribution in [0.1, 0.15) is 45.2 Å². The van der Waals surface area contributed by atoms with E-state index in [1.807, 2.05) is 24.5 Å². The Kier molecular flexibility index (Phi) is 9.04. The van der Waals surface area contributed by atoms with Crippen LogP contribution in [0.15, 0.2) is 28.0 Å². The van der Waals surface area contributed by atoms with Gasteiger partial charge < -0.3 is 19.5 Å². The Bertz CT molecular complexity index is 706. The maximum absolute atomic E-state index is 11.9. The normalized spacial score (nSPS) is 15.5. The fourth-order valence-corrected chi connectivity index (χ4v) is 3.49. The number of carbonyl (C=O) groups is 1. The van der Waals surface area contributed by atoms with Crippen molar-refractivity contribution in [3.8, 4) is 0 Å². The molecule has 0 spiro atoms. The highest BCUT2D eigenvalue weighted by atomic mass is 16.5. The number of ether oxygens (including phenoxy) is 1. The number of hydrogen-bond acceptors (Lipinski definition) is 4. The summed E-state index contributed by atoms with van der Waals surface area (Å²) in [5.41, 5.74) is 1.05. The topological polar surface area (TPSA) is 75.9 Å². The van der Waals surface area contributed by atoms with Gasteiger partial charge in [-0.25, -0.2) is 0 Å². The van der Waals surface area contributed by atoms with Gasteiger partial charge in [0.05, 0.1) is 12.5 Å². The Labute approximate surface area is 167 Å². The monoisotopic (exact) mass is 390 g/mol. The summed E-state index contributed by atoms with van der Waals surface area (Å²) in [5, 5.41) is 3.35. The van der Waals surface area contributed by atoms with Gasteiger partial charge in [0.2, 0.25) is 0 Å². The second-order valence-electron chi connectivity index (χ2n) is 7.11. The van der Waals surface area contributed by atoms with Gasteiger partial charge in [0.1, 0.15) is 0 Å². The zero-order chi connectivity index (χ0) is 20.4. The van der Waals surface area contributed by atoms with Crippen LogP contribution < -0.4 is 10.9 Å². The smallest absolute Gasteiger partial charge is 0.309 e. The molecule has 2 heterocycles. The number of esters is 1. The molecule has 28 heavy (non-hydrogen) atoms. The molecule has 0 unspecified atom stereocenters. The van der Waals surface area contributed by atoms with Gasteiger partial charge in [0, 0.05) is 44.5 Å². The number of aryl methyl sites for hydroxylation is 1. The number of hydrogen-bond donors (Lipinski definition) is 1. The summed E-state index contributed by atoms with van der Waals surface area (Å²) in [5.74, 6) is 0.847. The third-order valence-corrected chi connectivity index (χ3v) is 5.07. The lowest BCUT2D eigenvalue weighted by Crippen LogP contribution is -2.46. The lowest BCUT2D eigenvalue weighted by Gasteiger charge is -2.33. The summed E-state index contributed by atoms with van der Waals surface area (Å²) in [6, 6.07) is 5.36. The highest BCUT2D eigenvalue weighted by Crippen LogP contribution is 2.18. The van der Waals surface area contributed by atoms with E-state index in [-0.39, 0.29) is 17.4 Å². The number of rotatable bonds is 8. The standard InChI is InChI=1S/C21H34N4O3/c1-4-22-21(24-15-11-18(12-16-24)20(27)28-5-2)23-13-6-7-14-25-17(3)9-8-10-19(25)26/h8-10,18H,4-7,11-16H2,1-3H3,(H,22,23). The maximum atomic E-state index is 11.9. The van der Waals surface area contributed by atoms with Gasteiger partial charge in [0.25, 0.3) is 5.56 Å². The van der Waals surface area contributed by atoms with E-state index in [9.17, 15) is 9.59 Å². The summed E-state index contributed by atoms with van der Waals surface area (Å²) in [4.78, 5) is 30.8. The van der Waals surface area contributed by atoms with E-state index in [1.165, 1.54) is 0 Å². The van der Waals surface area contributed by atoms with Crippen LogP contribution >= 0.6 is 0 Å². The van der Waals surface area contributed by atoms with Gasteiger partial charge in [-0.1, -0.05) is 6.07 Å². The number of piperidine rings is 1. The van der Waals surface area contributed by atoms with Crippen molar-refractivity contribution < 1.29 is 9.53 Å². The number of aliphatic imine (C=N–C) groups is 1. The third kappa shape index (κ3) is 6.39. The number of pyridine rings is 1. The zero-order valence-corrected chi connectivity index (χ0v) is 17.4. The van der Waals surface area contributed by atoms with Crippen molar-refractivity contribution in [2.45, 2.75) is 53.0 Å². The fourth-order valence-electron chi connectivity index (χ4n) is 3.49. The van der Waals surface area contributed by atoms with Crippen molar-refractivity contribution in [2.24, 2.45) is 10.9 Å². The molecule has 1 fully saturated rings. The van der Waals surface area contributed by atoms with Crippen molar-refractivity contribution in [3.63, 3.8) is 0 Å². The fraction of sp³-hybridized carbons (Fsp3) is 0.667. The Morgan fingerprint density at radius 1 is 1.25 bits per heavy atom. The van der Waals surface area contributed by atoms with E-state index in [1.54, 1.807) is 12.1 Å². The van der Waals surface area contributed by atoms with Crippen LogP contribution in [0.4, 0.5) is 0 Å². The molecule has 156 valence electrons. The molecule has 1 aromatic heterocycles. The van der Waals surface area contributed by atoms with Crippen LogP contribution in [0.3, 0.4) is 0 Å². The van der Waals surface area contributed by atoms with Crippen molar-refractivity contribution in [1.82, 2.24) is 14.8 Å². The van der Waals surface area contributed by atoms with Crippen LogP contribution in [0, 0.1) is 12.8 Å². The molecule has 7 heteroatoms. The van der Waals surface area contributed by atoms with Crippen LogP contribution in [0.5, 0.6) is 0 Å². The molecule has 0 radical (unpaired) electrons. The quantitative estimate of drug-likeness (QED) is 0.319. The van der Waals surface area contributed by atoms with Crippen LogP contribution in [-0.4, -0.2) is 54.2 Å². The molecule has 0 saturated carbocycles. The summed E-state index contributed by atoms with van der Waals surface area (Å²) in [7, 11) is 0. The number of nitrogens with zero attached hydrogens (tertiary/aromatic N) is 3. The van der Waals surface area contributed by atoms with Crippen LogP contribution in [0.2, 0.25) is 0 Å². The van der Waals surface area contributed by atoms with Crippen LogP contribution in [-0.2, 0) is 16.1 Å². The first-order chi connectivity index (χ1) is 13.6. The van der Waals surface area contributed by atoms with Gasteiger partial charge in [-0.3, -0.25) is 14.6 Å². The first-order valence-electron chi connectivity index (χ1n) is 10.4. The molecule has 1 N–H and O–H groups in total. The number of carbonyl (C=O) groups excluding carboxylic acids is 1. The number of aromatic nitrogens is 1. The van der Waals surface area contributed by atoms with Gasteiger partial charge >= 0.3 is 5.97 Å². The molecule has 1 aromatic rings. The van der Waals surface area contributed by atoms with E-state index >= 15 is 0 Å². The molecule has 1 aliphatic heterocycles. The van der Waals surface area contributed by atoms with E-state index in [2.05, 4.69) is 17.1 Å². The molecule has 0 atom stereocenters. The van der Waals surface area contributed by atoms with Crippen molar-refractivity contribution >= 4 is 11.9 Å². The van der Waals surface area contributed by atoms with Gasteiger partial charge in [-0.2, -0.15) is 0 Å². The Morgan fingerprint density at radius 2 is 2.00 bits per heavy atom. The summed E-state index contributed by atoms with van der Waals surface area (Å²) in [6.45, 7) is 10.2. The first kappa shape index (κ1) is 22.0. The highest BCUT2D eigenvalue weighted by molar-refractivity contribution is 5.80. The highest BCUT2D eigenvalue weighted by Gasteiger charge is 2.27. The molecule has 2 rings (SSSR count). The average molecular weight is 391 g/mol. The van der Waals surface area contributed by atoms with Crippen molar-refractivity contribution in [2.75, 3.05) is 32.8 Å². The van der Waals surface area contributed by atoms with Crippen molar-refractivity contribution in [1.29, 1.82) is 0 Å². The third-order valence-electron chi connectivity index (χ3n) is 5.07. The van der Waals surface area contributed by atoms with E-state index in [0.717, 1.165) is 70.1 Å². The molecule has 0 aromatic carbocycles. The predicted molar refractivity (Wildman–Crippen MR) is 112 cm³/mol. The SMILES string of the molecule is CCNC(=NCCCCn1c(C)cccc1=O)N1CCC(C(=O)OCC)CC1. The minimum absolute atomic E-state index is 0.00602. The maximum Gasteiger partial charge on any atom is 0.309 e. The number of guanidine groups is 1.